The van der Waals surface area contributed by atoms with Crippen LogP contribution in [0.3, 0.4) is 0 Å². The molecular weight excluding hydrogens is 372 g/mol. The molecule has 1 aromatic rings. The quantitative estimate of drug-likeness (QED) is 0.752. The third-order valence-corrected chi connectivity index (χ3v) is 7.78. The second-order valence-corrected chi connectivity index (χ2v) is 8.50. The highest BCUT2D eigenvalue weighted by atomic mass is 16.5. The molecule has 5 heterocycles. The molecule has 1 spiro atoms. The van der Waals surface area contributed by atoms with Crippen LogP contribution in [0.5, 0.6) is 17.2 Å². The Balaban J connectivity index is 1.73. The molecule has 7 heteroatoms. The Bertz CT molecular complexity index is 913. The average Bonchev–Trinajstić information content (AvgIpc) is 3.18. The number of hydrogen-bond acceptors (Lipinski definition) is 6. The van der Waals surface area contributed by atoms with Gasteiger partial charge in [0.25, 0.3) is 0 Å². The normalized spacial score (nSPS) is 37.8. The van der Waals surface area contributed by atoms with E-state index in [9.17, 15) is 9.90 Å². The number of carbonyl (C=O) groups excluding carboxylic acids is 1. The minimum atomic E-state index is -0.728. The van der Waals surface area contributed by atoms with Gasteiger partial charge in [0, 0.05) is 42.8 Å². The number of fused-ring (bicyclic) bond motifs is 3. The first-order valence-corrected chi connectivity index (χ1v) is 10.2. The largest absolute Gasteiger partial charge is 0.494 e. The van der Waals surface area contributed by atoms with Gasteiger partial charge in [-0.05, 0) is 25.7 Å². The number of methoxy groups -OCH3 is 3. The summed E-state index contributed by atoms with van der Waals surface area (Å²) < 4.78 is 17.0. The second-order valence-electron chi connectivity index (χ2n) is 8.50. The lowest BCUT2D eigenvalue weighted by atomic mass is 9.69. The molecular formula is C22H28N2O5. The van der Waals surface area contributed by atoms with Crippen molar-refractivity contribution in [2.24, 2.45) is 11.8 Å². The summed E-state index contributed by atoms with van der Waals surface area (Å²) in [6.07, 6.45) is 3.71. The SMILES string of the molecule is C/C=C1\CN2[C@H]3C[C@@H]1[C@H](CO)[C@@H]2C[C@@]31C(=O)Nc2c(OC)cc(OC)c(OC)c21. The number of carbonyl (C=O) groups is 1. The number of aliphatic hydroxyl groups is 1. The van der Waals surface area contributed by atoms with Crippen molar-refractivity contribution in [2.45, 2.75) is 37.3 Å². The number of benzene rings is 1. The molecule has 5 aliphatic rings. The number of rotatable bonds is 4. The van der Waals surface area contributed by atoms with Crippen molar-refractivity contribution >= 4 is 11.6 Å². The number of anilines is 1. The van der Waals surface area contributed by atoms with Gasteiger partial charge < -0.3 is 24.6 Å². The zero-order valence-electron chi connectivity index (χ0n) is 17.3. The number of allylic oxidation sites excluding steroid dienone is 1. The lowest BCUT2D eigenvalue weighted by Gasteiger charge is -2.52. The molecule has 1 aromatic carbocycles. The first-order valence-electron chi connectivity index (χ1n) is 10.2. The predicted molar refractivity (Wildman–Crippen MR) is 108 cm³/mol. The molecule has 1 unspecified atom stereocenters. The summed E-state index contributed by atoms with van der Waals surface area (Å²) in [4.78, 5) is 16.0. The highest BCUT2D eigenvalue weighted by molar-refractivity contribution is 6.10. The number of piperidine rings is 3. The summed E-state index contributed by atoms with van der Waals surface area (Å²) in [7, 11) is 4.81. The van der Waals surface area contributed by atoms with E-state index in [2.05, 4.69) is 23.2 Å². The summed E-state index contributed by atoms with van der Waals surface area (Å²) in [5.74, 6) is 2.21. The van der Waals surface area contributed by atoms with Crippen molar-refractivity contribution in [3.8, 4) is 17.2 Å². The summed E-state index contributed by atoms with van der Waals surface area (Å²) in [6, 6.07) is 2.00. The van der Waals surface area contributed by atoms with Gasteiger partial charge in [-0.2, -0.15) is 0 Å². The van der Waals surface area contributed by atoms with Gasteiger partial charge in [0.2, 0.25) is 5.91 Å². The number of amides is 1. The molecule has 6 rings (SSSR count). The number of ether oxygens (including phenoxy) is 3. The first-order chi connectivity index (χ1) is 14.0. The fourth-order valence-corrected chi connectivity index (χ4v) is 6.58. The molecule has 4 fully saturated rings. The molecule has 7 nitrogen and oxygen atoms in total. The molecule has 0 aliphatic carbocycles. The molecule has 4 bridgehead atoms. The van der Waals surface area contributed by atoms with Crippen LogP contribution in [0.25, 0.3) is 0 Å². The highest BCUT2D eigenvalue weighted by Gasteiger charge is 2.68. The van der Waals surface area contributed by atoms with E-state index in [1.807, 2.05) is 0 Å². The number of nitrogens with one attached hydrogen (secondary N) is 1. The fourth-order valence-electron chi connectivity index (χ4n) is 6.58. The van der Waals surface area contributed by atoms with Gasteiger partial charge in [0.05, 0.1) is 32.4 Å². The Labute approximate surface area is 170 Å². The van der Waals surface area contributed by atoms with Gasteiger partial charge >= 0.3 is 0 Å². The van der Waals surface area contributed by atoms with Gasteiger partial charge in [-0.1, -0.05) is 11.6 Å². The van der Waals surface area contributed by atoms with Gasteiger partial charge in [-0.25, -0.2) is 0 Å². The Hall–Kier alpha value is -2.25. The van der Waals surface area contributed by atoms with E-state index in [1.165, 1.54) is 5.57 Å². The van der Waals surface area contributed by atoms with Crippen molar-refractivity contribution in [1.82, 2.24) is 4.90 Å². The van der Waals surface area contributed by atoms with Gasteiger partial charge in [-0.15, -0.1) is 0 Å². The zero-order valence-corrected chi connectivity index (χ0v) is 17.3. The molecule has 0 saturated carbocycles. The molecule has 4 saturated heterocycles. The van der Waals surface area contributed by atoms with Crippen molar-refractivity contribution in [3.63, 3.8) is 0 Å². The summed E-state index contributed by atoms with van der Waals surface area (Å²) in [5, 5.41) is 13.3. The molecule has 1 amide bonds. The summed E-state index contributed by atoms with van der Waals surface area (Å²) in [6.45, 7) is 3.07. The molecule has 2 N–H and O–H groups in total. The van der Waals surface area contributed by atoms with E-state index in [1.54, 1.807) is 27.4 Å². The van der Waals surface area contributed by atoms with Crippen LogP contribution in [-0.2, 0) is 10.2 Å². The molecule has 29 heavy (non-hydrogen) atoms. The minimum Gasteiger partial charge on any atom is -0.494 e. The third kappa shape index (κ3) is 2.12. The first kappa shape index (κ1) is 18.8. The van der Waals surface area contributed by atoms with Crippen LogP contribution in [0.1, 0.15) is 25.3 Å². The number of hydrogen-bond donors (Lipinski definition) is 2. The lowest BCUT2D eigenvalue weighted by Crippen LogP contribution is -2.59. The Morgan fingerprint density at radius 2 is 2.03 bits per heavy atom. The average molecular weight is 400 g/mol. The molecule has 0 aromatic heterocycles. The van der Waals surface area contributed by atoms with Crippen molar-refractivity contribution in [2.75, 3.05) is 39.8 Å². The maximum Gasteiger partial charge on any atom is 0.237 e. The maximum absolute atomic E-state index is 13.6. The molecule has 156 valence electrons. The van der Waals surface area contributed by atoms with Crippen LogP contribution in [0.4, 0.5) is 5.69 Å². The van der Waals surface area contributed by atoms with E-state index in [0.717, 1.165) is 18.5 Å². The molecule has 0 radical (unpaired) electrons. The van der Waals surface area contributed by atoms with E-state index in [4.69, 9.17) is 14.2 Å². The van der Waals surface area contributed by atoms with E-state index in [0.29, 0.717) is 35.3 Å². The second kappa shape index (κ2) is 6.37. The van der Waals surface area contributed by atoms with E-state index >= 15 is 0 Å². The van der Waals surface area contributed by atoms with Crippen LogP contribution in [0.15, 0.2) is 17.7 Å². The lowest BCUT2D eigenvalue weighted by molar-refractivity contribution is -0.122. The topological polar surface area (TPSA) is 80.3 Å². The predicted octanol–water partition coefficient (Wildman–Crippen LogP) is 1.93. The maximum atomic E-state index is 13.6. The van der Waals surface area contributed by atoms with Crippen molar-refractivity contribution in [3.05, 3.63) is 23.3 Å². The van der Waals surface area contributed by atoms with Gasteiger partial charge in [0.1, 0.15) is 5.75 Å². The zero-order chi connectivity index (χ0) is 20.5. The minimum absolute atomic E-state index is 0.00359. The van der Waals surface area contributed by atoms with Crippen LogP contribution >= 0.6 is 0 Å². The van der Waals surface area contributed by atoms with Crippen molar-refractivity contribution in [1.29, 1.82) is 0 Å². The number of nitrogens with zero attached hydrogens (tertiary/aromatic N) is 1. The monoisotopic (exact) mass is 400 g/mol. The summed E-state index contributed by atoms with van der Waals surface area (Å²) >= 11 is 0. The fraction of sp³-hybridized carbons (Fsp3) is 0.591. The smallest absolute Gasteiger partial charge is 0.237 e. The van der Waals surface area contributed by atoms with Gasteiger partial charge in [-0.3, -0.25) is 9.69 Å². The van der Waals surface area contributed by atoms with E-state index in [-0.39, 0.29) is 30.5 Å². The van der Waals surface area contributed by atoms with Crippen molar-refractivity contribution < 1.29 is 24.1 Å². The number of aliphatic hydroxyl groups excluding tert-OH is 1. The molecule has 6 atom stereocenters. The standard InChI is InChI=1S/C22H28N2O5/c1-5-11-9-24-14-8-22(17(24)6-12(11)13(14)10-25)18-19(23-21(22)26)15(27-2)7-16(28-3)20(18)29-4/h5,7,12-14,17,25H,6,8-10H2,1-4H3,(H,23,26)/b11-5+/t12-,13-,14-,17-,22+/m0/s1. The van der Waals surface area contributed by atoms with Crippen LogP contribution in [0.2, 0.25) is 0 Å². The highest BCUT2D eigenvalue weighted by Crippen LogP contribution is 2.64. The Morgan fingerprint density at radius 1 is 1.28 bits per heavy atom. The van der Waals surface area contributed by atoms with Crippen LogP contribution in [-0.4, -0.2) is 62.5 Å². The Morgan fingerprint density at radius 3 is 2.66 bits per heavy atom. The van der Waals surface area contributed by atoms with Crippen LogP contribution < -0.4 is 19.5 Å². The third-order valence-electron chi connectivity index (χ3n) is 7.78. The molecule has 5 aliphatic heterocycles. The Kier molecular flexibility index (Phi) is 4.12. The van der Waals surface area contributed by atoms with E-state index < -0.39 is 5.41 Å². The van der Waals surface area contributed by atoms with Gasteiger partial charge in [0.15, 0.2) is 11.5 Å². The van der Waals surface area contributed by atoms with Crippen LogP contribution in [0, 0.1) is 11.8 Å². The summed E-state index contributed by atoms with van der Waals surface area (Å²) in [5.41, 5.74) is 2.18.